The van der Waals surface area contributed by atoms with E-state index >= 15 is 0 Å². The van der Waals surface area contributed by atoms with Crippen LogP contribution in [0.3, 0.4) is 0 Å². The third kappa shape index (κ3) is 6.27. The number of allylic oxidation sites excluding steroid dienone is 1. The Morgan fingerprint density at radius 3 is 2.48 bits per heavy atom. The molecule has 0 amide bonds. The van der Waals surface area contributed by atoms with Crippen LogP contribution in [0.4, 0.5) is 0 Å². The number of hydrogen-bond acceptors (Lipinski definition) is 4. The first-order valence-corrected chi connectivity index (χ1v) is 9.39. The lowest BCUT2D eigenvalue weighted by molar-refractivity contribution is -0.0989. The van der Waals surface area contributed by atoms with Crippen LogP contribution in [0.5, 0.6) is 11.5 Å². The summed E-state index contributed by atoms with van der Waals surface area (Å²) in [6.45, 7) is 2.40. The first-order chi connectivity index (χ1) is 13.2. The van der Waals surface area contributed by atoms with Gasteiger partial charge < -0.3 is 19.3 Å². The van der Waals surface area contributed by atoms with Gasteiger partial charge in [0.15, 0.2) is 6.29 Å². The molecule has 1 aliphatic rings. The first kappa shape index (κ1) is 19.2. The van der Waals surface area contributed by atoms with Crippen LogP contribution in [0.2, 0.25) is 0 Å². The van der Waals surface area contributed by atoms with Crippen molar-refractivity contribution in [2.45, 2.75) is 38.6 Å². The molecular formula is C23H26O4. The quantitative estimate of drug-likeness (QED) is 0.657. The zero-order valence-corrected chi connectivity index (χ0v) is 15.6. The fourth-order valence-corrected chi connectivity index (χ4v) is 2.71. The number of aliphatic hydroxyl groups excluding tert-OH is 1. The van der Waals surface area contributed by atoms with Crippen molar-refractivity contribution in [2.75, 3.05) is 6.61 Å². The number of aliphatic hydroxyl groups is 1. The first-order valence-electron chi connectivity index (χ1n) is 9.39. The van der Waals surface area contributed by atoms with Crippen molar-refractivity contribution in [1.82, 2.24) is 0 Å². The van der Waals surface area contributed by atoms with Gasteiger partial charge in [-0.2, -0.15) is 0 Å². The van der Waals surface area contributed by atoms with Crippen LogP contribution in [0.1, 0.15) is 25.3 Å². The second-order valence-corrected chi connectivity index (χ2v) is 6.40. The summed E-state index contributed by atoms with van der Waals surface area (Å²) in [7, 11) is 0. The summed E-state index contributed by atoms with van der Waals surface area (Å²) in [6.07, 6.45) is 7.48. The Morgan fingerprint density at radius 2 is 1.81 bits per heavy atom. The molecule has 0 bridgehead atoms. The van der Waals surface area contributed by atoms with Crippen LogP contribution in [0.15, 0.2) is 78.6 Å². The second kappa shape index (κ2) is 9.95. The molecule has 2 unspecified atom stereocenters. The van der Waals surface area contributed by atoms with Crippen LogP contribution < -0.4 is 9.47 Å². The van der Waals surface area contributed by atoms with Gasteiger partial charge in [0.2, 0.25) is 0 Å². The maximum absolute atomic E-state index is 9.40. The van der Waals surface area contributed by atoms with Crippen LogP contribution in [0.25, 0.3) is 0 Å². The van der Waals surface area contributed by atoms with E-state index in [2.05, 4.69) is 0 Å². The molecule has 4 heteroatoms. The molecule has 2 aromatic carbocycles. The predicted octanol–water partition coefficient (Wildman–Crippen LogP) is 4.64. The maximum atomic E-state index is 9.40. The number of benzene rings is 2. The van der Waals surface area contributed by atoms with Gasteiger partial charge in [-0.25, -0.2) is 0 Å². The topological polar surface area (TPSA) is 47.9 Å². The maximum Gasteiger partial charge on any atom is 0.154 e. The summed E-state index contributed by atoms with van der Waals surface area (Å²) in [5.41, 5.74) is 1.16. The molecule has 0 radical (unpaired) electrons. The summed E-state index contributed by atoms with van der Waals surface area (Å²) < 4.78 is 17.1. The van der Waals surface area contributed by atoms with Crippen molar-refractivity contribution >= 4 is 0 Å². The monoisotopic (exact) mass is 366 g/mol. The van der Waals surface area contributed by atoms with Gasteiger partial charge in [0.1, 0.15) is 23.4 Å². The second-order valence-electron chi connectivity index (χ2n) is 6.40. The summed E-state index contributed by atoms with van der Waals surface area (Å²) in [5, 5.41) is 9.40. The molecule has 0 saturated heterocycles. The van der Waals surface area contributed by atoms with Crippen molar-refractivity contribution in [3.8, 4) is 11.5 Å². The minimum atomic E-state index is -0.672. The van der Waals surface area contributed by atoms with Crippen molar-refractivity contribution in [2.24, 2.45) is 0 Å². The Hall–Kier alpha value is -2.56. The third-order valence-electron chi connectivity index (χ3n) is 4.27. The van der Waals surface area contributed by atoms with Gasteiger partial charge in [-0.1, -0.05) is 37.3 Å². The lowest BCUT2D eigenvalue weighted by Crippen LogP contribution is -2.16. The lowest BCUT2D eigenvalue weighted by atomic mass is 10.1. The molecule has 0 aromatic heterocycles. The van der Waals surface area contributed by atoms with E-state index in [1.54, 1.807) is 0 Å². The van der Waals surface area contributed by atoms with Gasteiger partial charge in [0.25, 0.3) is 0 Å². The molecule has 2 aromatic rings. The summed E-state index contributed by atoms with van der Waals surface area (Å²) in [6, 6.07) is 17.8. The molecule has 2 atom stereocenters. The molecule has 142 valence electrons. The largest absolute Gasteiger partial charge is 0.486 e. The molecule has 0 heterocycles. The molecule has 1 aliphatic carbocycles. The van der Waals surface area contributed by atoms with Crippen LogP contribution >= 0.6 is 0 Å². The van der Waals surface area contributed by atoms with Gasteiger partial charge in [-0.05, 0) is 60.9 Å². The Bertz CT molecular complexity index is 750. The van der Waals surface area contributed by atoms with Crippen LogP contribution in [-0.2, 0) is 11.2 Å². The third-order valence-corrected chi connectivity index (χ3v) is 4.27. The highest BCUT2D eigenvalue weighted by molar-refractivity contribution is 5.31. The van der Waals surface area contributed by atoms with Gasteiger partial charge in [-0.15, -0.1) is 0 Å². The Kier molecular flexibility index (Phi) is 7.08. The summed E-state index contributed by atoms with van der Waals surface area (Å²) >= 11 is 0. The summed E-state index contributed by atoms with van der Waals surface area (Å²) in [5.74, 6) is 2.51. The number of rotatable bonds is 9. The Morgan fingerprint density at radius 1 is 1.04 bits per heavy atom. The molecular weight excluding hydrogens is 340 g/mol. The van der Waals surface area contributed by atoms with E-state index in [4.69, 9.17) is 14.2 Å². The summed E-state index contributed by atoms with van der Waals surface area (Å²) in [4.78, 5) is 0. The van der Waals surface area contributed by atoms with E-state index in [9.17, 15) is 5.11 Å². The molecule has 0 spiro atoms. The van der Waals surface area contributed by atoms with Crippen molar-refractivity contribution in [3.63, 3.8) is 0 Å². The molecule has 4 nitrogen and oxygen atoms in total. The number of hydrogen-bond donors (Lipinski definition) is 1. The molecule has 27 heavy (non-hydrogen) atoms. The van der Waals surface area contributed by atoms with E-state index in [1.807, 2.05) is 79.7 Å². The standard InChI is InChI=1S/C23H26O4/c1-2-23(24)25-17-16-18-8-10-20(11-9-18)27-22-14-12-21(13-15-22)26-19-6-4-3-5-7-19/h3-14,22-24H,2,15-17H2,1H3. The van der Waals surface area contributed by atoms with Gasteiger partial charge in [-0.3, -0.25) is 0 Å². The normalized spacial score (nSPS) is 17.3. The smallest absolute Gasteiger partial charge is 0.154 e. The van der Waals surface area contributed by atoms with E-state index in [0.29, 0.717) is 13.0 Å². The molecule has 3 rings (SSSR count). The molecule has 0 saturated carbocycles. The minimum Gasteiger partial charge on any atom is -0.486 e. The predicted molar refractivity (Wildman–Crippen MR) is 106 cm³/mol. The average Bonchev–Trinajstić information content (AvgIpc) is 2.71. The zero-order chi connectivity index (χ0) is 18.9. The SMILES string of the molecule is CCC(O)OCCc1ccc(OC2C=CC(Oc3ccccc3)=CC2)cc1. The van der Waals surface area contributed by atoms with E-state index < -0.39 is 6.29 Å². The highest BCUT2D eigenvalue weighted by Crippen LogP contribution is 2.21. The van der Waals surface area contributed by atoms with Gasteiger partial charge in [0, 0.05) is 6.42 Å². The fraction of sp³-hybridized carbons (Fsp3) is 0.304. The van der Waals surface area contributed by atoms with Crippen molar-refractivity contribution in [1.29, 1.82) is 0 Å². The zero-order valence-electron chi connectivity index (χ0n) is 15.6. The minimum absolute atomic E-state index is 0.00186. The Balaban J connectivity index is 1.44. The number of para-hydroxylation sites is 1. The van der Waals surface area contributed by atoms with Gasteiger partial charge >= 0.3 is 0 Å². The molecule has 0 fully saturated rings. The Labute approximate surface area is 160 Å². The average molecular weight is 366 g/mol. The van der Waals surface area contributed by atoms with E-state index in [1.165, 1.54) is 0 Å². The van der Waals surface area contributed by atoms with Gasteiger partial charge in [0.05, 0.1) is 6.61 Å². The molecule has 0 aliphatic heterocycles. The molecule has 1 N–H and O–H groups in total. The van der Waals surface area contributed by atoms with E-state index in [-0.39, 0.29) is 6.10 Å². The van der Waals surface area contributed by atoms with Crippen molar-refractivity contribution in [3.05, 3.63) is 84.1 Å². The highest BCUT2D eigenvalue weighted by atomic mass is 16.6. The lowest BCUT2D eigenvalue weighted by Gasteiger charge is -2.18. The van der Waals surface area contributed by atoms with Crippen LogP contribution in [0, 0.1) is 0 Å². The highest BCUT2D eigenvalue weighted by Gasteiger charge is 2.11. The van der Waals surface area contributed by atoms with Crippen molar-refractivity contribution < 1.29 is 19.3 Å². The number of ether oxygens (including phenoxy) is 3. The van der Waals surface area contributed by atoms with Crippen LogP contribution in [-0.4, -0.2) is 24.1 Å². The van der Waals surface area contributed by atoms with E-state index in [0.717, 1.165) is 35.7 Å². The fourth-order valence-electron chi connectivity index (χ4n) is 2.71.